The Balaban J connectivity index is 1.20. The Morgan fingerprint density at radius 1 is 1.06 bits per heavy atom. The van der Waals surface area contributed by atoms with Crippen molar-refractivity contribution in [1.29, 1.82) is 0 Å². The zero-order valence-corrected chi connectivity index (χ0v) is 27.6. The third-order valence-electron chi connectivity index (χ3n) is 9.21. The molecule has 1 N–H and O–H groups in total. The lowest BCUT2D eigenvalue weighted by Gasteiger charge is -2.33. The highest BCUT2D eigenvalue weighted by Crippen LogP contribution is 2.40. The molecule has 2 aliphatic rings. The quantitative estimate of drug-likeness (QED) is 0.303. The van der Waals surface area contributed by atoms with Crippen molar-refractivity contribution in [3.8, 4) is 11.3 Å². The fraction of sp³-hybridized carbons (Fsp3) is 0.516. The number of pyridine rings is 1. The highest BCUT2D eigenvalue weighted by atomic mass is 32.2. The lowest BCUT2D eigenvalue weighted by Crippen LogP contribution is -2.42. The number of likely N-dealkylation sites (tertiary alicyclic amines) is 1. The van der Waals surface area contributed by atoms with Crippen LogP contribution in [0.25, 0.3) is 22.4 Å². The number of benzene rings is 1. The number of sulfonamides is 1. The SMILES string of the molecule is CN(C)c1ccc2c(n1)n(C1CCN(C[C@H](O)Cn3nc(-c4ccccc4C(F)(F)F)c4c3CCN(S(C)(=O)=O)C4)CC1)c(=O)n2C. The van der Waals surface area contributed by atoms with E-state index >= 15 is 0 Å². The maximum absolute atomic E-state index is 14.0. The summed E-state index contributed by atoms with van der Waals surface area (Å²) in [5.41, 5.74) is 1.40. The molecular weight excluding hydrogens is 637 g/mol. The van der Waals surface area contributed by atoms with Crippen molar-refractivity contribution in [3.63, 3.8) is 0 Å². The molecular formula is C31H39F3N8O4S. The van der Waals surface area contributed by atoms with E-state index in [0.717, 1.165) is 23.7 Å². The number of hydrogen-bond donors (Lipinski definition) is 1. The lowest BCUT2D eigenvalue weighted by molar-refractivity contribution is -0.137. The first-order chi connectivity index (χ1) is 22.1. The van der Waals surface area contributed by atoms with Gasteiger partial charge in [0.2, 0.25) is 10.0 Å². The Kier molecular flexibility index (Phi) is 8.74. The third kappa shape index (κ3) is 6.43. The van der Waals surface area contributed by atoms with Crippen LogP contribution in [0.3, 0.4) is 0 Å². The molecule has 47 heavy (non-hydrogen) atoms. The summed E-state index contributed by atoms with van der Waals surface area (Å²) >= 11 is 0. The molecule has 0 saturated carbocycles. The number of aliphatic hydroxyl groups excluding tert-OH is 1. The number of β-amino-alcohol motifs (C(OH)–C–C–N with tert-alkyl or cyclic N) is 1. The second kappa shape index (κ2) is 12.4. The molecule has 254 valence electrons. The van der Waals surface area contributed by atoms with Crippen LogP contribution < -0.4 is 10.6 Å². The molecule has 2 aliphatic heterocycles. The molecule has 0 bridgehead atoms. The molecule has 3 aromatic heterocycles. The number of fused-ring (bicyclic) bond motifs is 2. The van der Waals surface area contributed by atoms with Crippen LogP contribution in [0.4, 0.5) is 19.0 Å². The van der Waals surface area contributed by atoms with E-state index in [1.165, 1.54) is 22.5 Å². The van der Waals surface area contributed by atoms with Crippen LogP contribution in [0.2, 0.25) is 0 Å². The number of piperidine rings is 1. The molecule has 1 atom stereocenters. The average molecular weight is 677 g/mol. The van der Waals surface area contributed by atoms with E-state index in [2.05, 4.69) is 10.00 Å². The Labute approximate surface area is 270 Å². The first-order valence-corrected chi connectivity index (χ1v) is 17.3. The first-order valence-electron chi connectivity index (χ1n) is 15.5. The summed E-state index contributed by atoms with van der Waals surface area (Å²) in [4.78, 5) is 22.0. The number of alkyl halides is 3. The van der Waals surface area contributed by atoms with Gasteiger partial charge in [-0.25, -0.2) is 18.2 Å². The summed E-state index contributed by atoms with van der Waals surface area (Å²) in [7, 11) is 1.94. The van der Waals surface area contributed by atoms with Gasteiger partial charge in [-0.15, -0.1) is 0 Å². The molecule has 1 aromatic carbocycles. The molecule has 1 fully saturated rings. The number of aliphatic hydroxyl groups is 1. The van der Waals surface area contributed by atoms with Crippen LogP contribution in [0.5, 0.6) is 0 Å². The van der Waals surface area contributed by atoms with E-state index < -0.39 is 27.9 Å². The van der Waals surface area contributed by atoms with Gasteiger partial charge in [0.1, 0.15) is 5.82 Å². The third-order valence-corrected chi connectivity index (χ3v) is 10.5. The number of imidazole rings is 1. The van der Waals surface area contributed by atoms with Crippen LogP contribution in [-0.4, -0.2) is 99.3 Å². The number of aryl methyl sites for hydroxylation is 1. The fourth-order valence-corrected chi connectivity index (χ4v) is 7.56. The van der Waals surface area contributed by atoms with Gasteiger partial charge in [-0.05, 0) is 31.0 Å². The number of rotatable bonds is 8. The first kappa shape index (κ1) is 33.2. The Morgan fingerprint density at radius 3 is 2.43 bits per heavy atom. The summed E-state index contributed by atoms with van der Waals surface area (Å²) in [5.74, 6) is 0.757. The highest BCUT2D eigenvalue weighted by molar-refractivity contribution is 7.88. The molecule has 0 aliphatic carbocycles. The van der Waals surface area contributed by atoms with E-state index in [1.807, 2.05) is 31.1 Å². The number of nitrogens with zero attached hydrogens (tertiary/aromatic N) is 8. The predicted octanol–water partition coefficient (Wildman–Crippen LogP) is 2.70. The van der Waals surface area contributed by atoms with Crippen molar-refractivity contribution in [3.05, 3.63) is 63.7 Å². The molecule has 12 nitrogen and oxygen atoms in total. The van der Waals surface area contributed by atoms with Gasteiger partial charge in [0.25, 0.3) is 0 Å². The summed E-state index contributed by atoms with van der Waals surface area (Å²) in [6, 6.07) is 8.85. The summed E-state index contributed by atoms with van der Waals surface area (Å²) in [5, 5.41) is 15.8. The number of hydrogen-bond acceptors (Lipinski definition) is 8. The fourth-order valence-electron chi connectivity index (χ4n) is 6.77. The monoisotopic (exact) mass is 676 g/mol. The number of aromatic nitrogens is 5. The van der Waals surface area contributed by atoms with Crippen LogP contribution in [0, 0.1) is 0 Å². The van der Waals surface area contributed by atoms with E-state index in [9.17, 15) is 31.5 Å². The van der Waals surface area contributed by atoms with Gasteiger partial charge in [-0.1, -0.05) is 18.2 Å². The summed E-state index contributed by atoms with van der Waals surface area (Å²) < 4.78 is 72.8. The second-order valence-electron chi connectivity index (χ2n) is 12.6. The Bertz CT molecular complexity index is 1960. The number of anilines is 1. The number of halogens is 3. The Hall–Kier alpha value is -3.73. The predicted molar refractivity (Wildman–Crippen MR) is 172 cm³/mol. The van der Waals surface area contributed by atoms with Gasteiger partial charge >= 0.3 is 11.9 Å². The van der Waals surface area contributed by atoms with Crippen molar-refractivity contribution < 1.29 is 26.7 Å². The van der Waals surface area contributed by atoms with E-state index in [0.29, 0.717) is 49.4 Å². The topological polar surface area (TPSA) is 122 Å². The van der Waals surface area contributed by atoms with Gasteiger partial charge in [0.05, 0.1) is 35.7 Å². The molecule has 0 spiro atoms. The highest BCUT2D eigenvalue weighted by Gasteiger charge is 2.37. The van der Waals surface area contributed by atoms with Gasteiger partial charge in [0, 0.05) is 83.2 Å². The van der Waals surface area contributed by atoms with Crippen molar-refractivity contribution in [2.75, 3.05) is 51.4 Å². The minimum absolute atomic E-state index is 0.0370. The van der Waals surface area contributed by atoms with Crippen LogP contribution in [-0.2, 0) is 42.8 Å². The molecule has 1 saturated heterocycles. The molecule has 0 radical (unpaired) electrons. The van der Waals surface area contributed by atoms with Gasteiger partial charge < -0.3 is 14.9 Å². The van der Waals surface area contributed by atoms with Crippen LogP contribution in [0.15, 0.2) is 41.2 Å². The van der Waals surface area contributed by atoms with Gasteiger partial charge in [0.15, 0.2) is 5.65 Å². The van der Waals surface area contributed by atoms with E-state index in [4.69, 9.17) is 4.98 Å². The smallest absolute Gasteiger partial charge is 0.390 e. The molecule has 5 heterocycles. The van der Waals surface area contributed by atoms with Crippen LogP contribution in [0.1, 0.15) is 35.7 Å². The van der Waals surface area contributed by atoms with Gasteiger partial charge in [-0.2, -0.15) is 22.6 Å². The largest absolute Gasteiger partial charge is 0.417 e. The standard InChI is InChI=1S/C31H39F3N8O4S/c1-37(2)27-10-9-26-29(35-27)42(30(44)38(26)3)20-11-14-39(15-12-20)17-21(43)18-41-25-13-16-40(47(4,45)46)19-23(25)28(36-41)22-7-5-6-8-24(22)31(32,33)34/h5-10,20-21,43H,11-19H2,1-4H3/t21-/m0/s1. The molecule has 0 unspecified atom stereocenters. The maximum atomic E-state index is 14.0. The van der Waals surface area contributed by atoms with Crippen molar-refractivity contribution >= 4 is 27.0 Å². The van der Waals surface area contributed by atoms with Gasteiger partial charge in [-0.3, -0.25) is 13.8 Å². The normalized spacial score (nSPS) is 17.7. The molecule has 4 aromatic rings. The minimum Gasteiger partial charge on any atom is -0.390 e. The zero-order chi connectivity index (χ0) is 33.8. The van der Waals surface area contributed by atoms with Crippen molar-refractivity contribution in [2.45, 2.75) is 50.7 Å². The average Bonchev–Trinajstić information content (AvgIpc) is 3.49. The molecule has 16 heteroatoms. The zero-order valence-electron chi connectivity index (χ0n) is 26.8. The Morgan fingerprint density at radius 2 is 1.77 bits per heavy atom. The summed E-state index contributed by atoms with van der Waals surface area (Å²) in [6.07, 6.45) is -2.84. The van der Waals surface area contributed by atoms with E-state index in [1.54, 1.807) is 20.9 Å². The van der Waals surface area contributed by atoms with Crippen molar-refractivity contribution in [2.24, 2.45) is 7.05 Å². The van der Waals surface area contributed by atoms with Crippen molar-refractivity contribution in [1.82, 2.24) is 33.1 Å². The lowest BCUT2D eigenvalue weighted by atomic mass is 9.98. The van der Waals surface area contributed by atoms with E-state index in [-0.39, 0.29) is 49.0 Å². The van der Waals surface area contributed by atoms with Crippen LogP contribution >= 0.6 is 0 Å². The maximum Gasteiger partial charge on any atom is 0.417 e. The summed E-state index contributed by atoms with van der Waals surface area (Å²) in [6.45, 7) is 1.66. The second-order valence-corrected chi connectivity index (χ2v) is 14.6. The molecule has 6 rings (SSSR count). The molecule has 0 amide bonds. The minimum atomic E-state index is -4.63.